The fourth-order valence-electron chi connectivity index (χ4n) is 3.72. The van der Waals surface area contributed by atoms with Crippen molar-refractivity contribution in [1.82, 2.24) is 9.55 Å². The van der Waals surface area contributed by atoms with Crippen molar-refractivity contribution in [3.63, 3.8) is 0 Å². The smallest absolute Gasteiger partial charge is 0.329 e. The molecule has 4 aromatic rings. The van der Waals surface area contributed by atoms with Crippen molar-refractivity contribution in [1.29, 1.82) is 0 Å². The van der Waals surface area contributed by atoms with Gasteiger partial charge in [-0.1, -0.05) is 72.8 Å². The summed E-state index contributed by atoms with van der Waals surface area (Å²) in [5, 5.41) is 2.07. The van der Waals surface area contributed by atoms with Crippen LogP contribution in [0.1, 0.15) is 28.5 Å². The van der Waals surface area contributed by atoms with Crippen LogP contribution >= 0.6 is 0 Å². The number of aromatic nitrogens is 2. The molecule has 1 aromatic heterocycles. The molecule has 31 heavy (non-hydrogen) atoms. The predicted molar refractivity (Wildman–Crippen MR) is 120 cm³/mol. The number of nitrogens with zero attached hydrogens (tertiary/aromatic N) is 1. The Labute approximate surface area is 178 Å². The summed E-state index contributed by atoms with van der Waals surface area (Å²) in [7, 11) is 0. The molecule has 1 N–H and O–H groups in total. The number of rotatable bonds is 7. The molecule has 0 spiro atoms. The van der Waals surface area contributed by atoms with E-state index in [9.17, 15) is 14.4 Å². The molecule has 0 aliphatic heterocycles. The van der Waals surface area contributed by atoms with Gasteiger partial charge in [-0.25, -0.2) is 4.79 Å². The van der Waals surface area contributed by atoms with Gasteiger partial charge < -0.3 is 4.74 Å². The monoisotopic (exact) mass is 414 g/mol. The first-order valence-electron chi connectivity index (χ1n) is 10.1. The predicted octanol–water partition coefficient (Wildman–Crippen LogP) is 3.56. The number of hydrogen-bond acceptors (Lipinski definition) is 4. The first-order valence-corrected chi connectivity index (χ1v) is 10.1. The van der Waals surface area contributed by atoms with Gasteiger partial charge in [-0.15, -0.1) is 0 Å². The molecule has 6 nitrogen and oxygen atoms in total. The topological polar surface area (TPSA) is 81.2 Å². The van der Waals surface area contributed by atoms with Crippen LogP contribution in [-0.2, 0) is 13.0 Å². The van der Waals surface area contributed by atoms with Crippen molar-refractivity contribution in [2.75, 3.05) is 6.61 Å². The van der Waals surface area contributed by atoms with E-state index in [-0.39, 0.29) is 31.1 Å². The van der Waals surface area contributed by atoms with Crippen LogP contribution < -0.4 is 16.0 Å². The SMILES string of the molecule is CCOc1c(Cc2cccc3ccccc23)n(CC(=O)c2ccccc2)c(=O)[nH]c1=O. The Balaban J connectivity index is 1.85. The third-order valence-corrected chi connectivity index (χ3v) is 5.18. The normalized spacial score (nSPS) is 10.9. The fourth-order valence-corrected chi connectivity index (χ4v) is 3.72. The number of ketones is 1. The van der Waals surface area contributed by atoms with Crippen LogP contribution in [0.25, 0.3) is 10.8 Å². The van der Waals surface area contributed by atoms with E-state index in [4.69, 9.17) is 4.74 Å². The molecule has 0 saturated heterocycles. The van der Waals surface area contributed by atoms with E-state index >= 15 is 0 Å². The fraction of sp³-hybridized carbons (Fsp3) is 0.160. The molecule has 0 radical (unpaired) electrons. The lowest BCUT2D eigenvalue weighted by molar-refractivity contribution is 0.0968. The Kier molecular flexibility index (Phi) is 5.80. The van der Waals surface area contributed by atoms with Gasteiger partial charge in [0.05, 0.1) is 18.8 Å². The summed E-state index contributed by atoms with van der Waals surface area (Å²) in [5.74, 6) is -0.160. The van der Waals surface area contributed by atoms with Crippen LogP contribution in [0.5, 0.6) is 5.75 Å². The van der Waals surface area contributed by atoms with Crippen molar-refractivity contribution < 1.29 is 9.53 Å². The van der Waals surface area contributed by atoms with Gasteiger partial charge in [0.1, 0.15) is 0 Å². The highest BCUT2D eigenvalue weighted by atomic mass is 16.5. The zero-order valence-electron chi connectivity index (χ0n) is 17.1. The zero-order chi connectivity index (χ0) is 21.8. The average molecular weight is 414 g/mol. The summed E-state index contributed by atoms with van der Waals surface area (Å²) < 4.78 is 6.93. The van der Waals surface area contributed by atoms with Crippen LogP contribution in [-0.4, -0.2) is 21.9 Å². The van der Waals surface area contributed by atoms with Crippen LogP contribution in [0.15, 0.2) is 82.4 Å². The number of carbonyl (C=O) groups excluding carboxylic acids is 1. The van der Waals surface area contributed by atoms with E-state index in [0.717, 1.165) is 16.3 Å². The number of nitrogens with one attached hydrogen (secondary N) is 1. The van der Waals surface area contributed by atoms with Crippen molar-refractivity contribution in [2.24, 2.45) is 0 Å². The maximum atomic E-state index is 12.8. The Morgan fingerprint density at radius 1 is 0.935 bits per heavy atom. The maximum absolute atomic E-state index is 12.8. The molecule has 156 valence electrons. The third-order valence-electron chi connectivity index (χ3n) is 5.18. The zero-order valence-corrected chi connectivity index (χ0v) is 17.1. The Morgan fingerprint density at radius 3 is 2.42 bits per heavy atom. The highest BCUT2D eigenvalue weighted by molar-refractivity contribution is 5.95. The Hall–Kier alpha value is -3.93. The quantitative estimate of drug-likeness (QED) is 0.469. The second-order valence-corrected chi connectivity index (χ2v) is 7.16. The molecule has 0 saturated carbocycles. The molecule has 3 aromatic carbocycles. The van der Waals surface area contributed by atoms with E-state index in [1.165, 1.54) is 4.57 Å². The summed E-state index contributed by atoms with van der Waals surface area (Å²) in [6.07, 6.45) is 0.276. The number of ether oxygens (including phenoxy) is 1. The largest absolute Gasteiger partial charge is 0.487 e. The minimum atomic E-state index is -0.632. The van der Waals surface area contributed by atoms with E-state index in [1.807, 2.05) is 48.5 Å². The van der Waals surface area contributed by atoms with Gasteiger partial charge in [0.25, 0.3) is 5.56 Å². The molecule has 6 heteroatoms. The molecular weight excluding hydrogens is 392 g/mol. The first-order chi connectivity index (χ1) is 15.1. The van der Waals surface area contributed by atoms with Crippen molar-refractivity contribution in [3.8, 4) is 5.75 Å². The average Bonchev–Trinajstić information content (AvgIpc) is 2.79. The van der Waals surface area contributed by atoms with Crippen LogP contribution in [0.2, 0.25) is 0 Å². The second-order valence-electron chi connectivity index (χ2n) is 7.16. The number of H-pyrrole nitrogens is 1. The number of Topliss-reactive ketones (excluding diaryl/α,β-unsaturated/α-hetero) is 1. The molecule has 0 atom stereocenters. The minimum Gasteiger partial charge on any atom is -0.487 e. The lowest BCUT2D eigenvalue weighted by atomic mass is 10.00. The lowest BCUT2D eigenvalue weighted by Crippen LogP contribution is -2.36. The van der Waals surface area contributed by atoms with Gasteiger partial charge in [0.15, 0.2) is 5.78 Å². The van der Waals surface area contributed by atoms with Gasteiger partial charge in [-0.2, -0.15) is 0 Å². The Bertz CT molecular complexity index is 1350. The second kappa shape index (κ2) is 8.83. The molecular formula is C25H22N2O4. The third kappa shape index (κ3) is 4.19. The molecule has 0 fully saturated rings. The summed E-state index contributed by atoms with van der Waals surface area (Å²) in [6, 6.07) is 22.6. The van der Waals surface area contributed by atoms with E-state index < -0.39 is 11.2 Å². The standard InChI is InChI=1S/C25H22N2O4/c1-2-31-23-21(15-19-13-8-12-17-9-6-7-14-20(17)19)27(25(30)26-24(23)29)16-22(28)18-10-4-3-5-11-18/h3-14H,2,15-16H2,1H3,(H,26,29,30). The number of fused-ring (bicyclic) bond motifs is 1. The number of hydrogen-bond donors (Lipinski definition) is 1. The highest BCUT2D eigenvalue weighted by Crippen LogP contribution is 2.24. The van der Waals surface area contributed by atoms with Crippen LogP contribution in [0.4, 0.5) is 0 Å². The van der Waals surface area contributed by atoms with Gasteiger partial charge in [0, 0.05) is 12.0 Å². The maximum Gasteiger partial charge on any atom is 0.329 e. The van der Waals surface area contributed by atoms with E-state index in [1.54, 1.807) is 31.2 Å². The van der Waals surface area contributed by atoms with Gasteiger partial charge >= 0.3 is 5.69 Å². The van der Waals surface area contributed by atoms with Crippen LogP contribution in [0, 0.1) is 0 Å². The molecule has 1 heterocycles. The molecule has 4 rings (SSSR count). The molecule has 0 amide bonds. The first kappa shape index (κ1) is 20.3. The molecule has 0 unspecified atom stereocenters. The van der Waals surface area contributed by atoms with E-state index in [0.29, 0.717) is 11.3 Å². The molecule has 0 bridgehead atoms. The van der Waals surface area contributed by atoms with Gasteiger partial charge in [0.2, 0.25) is 5.75 Å². The molecule has 0 aliphatic rings. The van der Waals surface area contributed by atoms with Gasteiger partial charge in [-0.05, 0) is 23.3 Å². The summed E-state index contributed by atoms with van der Waals surface area (Å²) in [6.45, 7) is 1.84. The van der Waals surface area contributed by atoms with Crippen molar-refractivity contribution >= 4 is 16.6 Å². The number of carbonyl (C=O) groups is 1. The summed E-state index contributed by atoms with van der Waals surface area (Å²) >= 11 is 0. The highest BCUT2D eigenvalue weighted by Gasteiger charge is 2.20. The Morgan fingerprint density at radius 2 is 1.65 bits per heavy atom. The number of benzene rings is 3. The lowest BCUT2D eigenvalue weighted by Gasteiger charge is -2.17. The van der Waals surface area contributed by atoms with E-state index in [2.05, 4.69) is 4.98 Å². The minimum absolute atomic E-state index is 0.0656. The number of aromatic amines is 1. The summed E-state index contributed by atoms with van der Waals surface area (Å²) in [5.41, 5.74) is 0.592. The van der Waals surface area contributed by atoms with Crippen molar-refractivity contribution in [3.05, 3.63) is 110 Å². The molecule has 0 aliphatic carbocycles. The van der Waals surface area contributed by atoms with Crippen molar-refractivity contribution in [2.45, 2.75) is 19.9 Å². The van der Waals surface area contributed by atoms with Gasteiger partial charge in [-0.3, -0.25) is 19.1 Å². The van der Waals surface area contributed by atoms with Crippen LogP contribution in [0.3, 0.4) is 0 Å². The summed E-state index contributed by atoms with van der Waals surface area (Å²) in [4.78, 5) is 40.4.